The van der Waals surface area contributed by atoms with Gasteiger partial charge < -0.3 is 15.3 Å². The molecule has 2 aliphatic rings. The molecule has 2 atom stereocenters. The van der Waals surface area contributed by atoms with Crippen LogP contribution in [0.1, 0.15) is 12.8 Å². The van der Waals surface area contributed by atoms with Crippen LogP contribution in [0.2, 0.25) is 0 Å². The van der Waals surface area contributed by atoms with Crippen LogP contribution in [0.5, 0.6) is 0 Å². The molecule has 1 aliphatic heterocycles. The fourth-order valence-corrected chi connectivity index (χ4v) is 2.47. The van der Waals surface area contributed by atoms with Gasteiger partial charge in [-0.1, -0.05) is 0 Å². The Labute approximate surface area is 103 Å². The number of nitrogens with zero attached hydrogens (tertiary/aromatic N) is 2. The lowest BCUT2D eigenvalue weighted by atomic mass is 10.1. The molecule has 2 unspecified atom stereocenters. The Balaban J connectivity index is 1.81. The fourth-order valence-electron chi connectivity index (χ4n) is 2.47. The molecule has 0 aromatic rings. The van der Waals surface area contributed by atoms with E-state index in [2.05, 4.69) is 29.2 Å². The molecule has 1 saturated carbocycles. The van der Waals surface area contributed by atoms with Crippen molar-refractivity contribution in [3.8, 4) is 0 Å². The predicted octanol–water partition coefficient (Wildman–Crippen LogP) is -0.315. The van der Waals surface area contributed by atoms with E-state index in [4.69, 9.17) is 5.11 Å². The maximum absolute atomic E-state index is 11.1. The van der Waals surface area contributed by atoms with E-state index in [-0.39, 0.29) is 6.04 Å². The molecule has 2 rings (SSSR count). The summed E-state index contributed by atoms with van der Waals surface area (Å²) in [5, 5.41) is 12.4. The molecule has 0 aromatic heterocycles. The van der Waals surface area contributed by atoms with Crippen LogP contribution in [0.15, 0.2) is 0 Å². The quantitative estimate of drug-likeness (QED) is 0.691. The Kier molecular flexibility index (Phi) is 4.01. The van der Waals surface area contributed by atoms with Crippen LogP contribution in [0.3, 0.4) is 0 Å². The summed E-state index contributed by atoms with van der Waals surface area (Å²) in [5.74, 6) is -0.335. The van der Waals surface area contributed by atoms with Gasteiger partial charge in [-0.3, -0.25) is 9.69 Å². The van der Waals surface area contributed by atoms with Crippen LogP contribution in [-0.4, -0.2) is 73.2 Å². The Morgan fingerprint density at radius 3 is 2.71 bits per heavy atom. The third-order valence-electron chi connectivity index (χ3n) is 3.91. The molecule has 5 nitrogen and oxygen atoms in total. The molecule has 0 spiro atoms. The molecule has 17 heavy (non-hydrogen) atoms. The third kappa shape index (κ3) is 3.40. The van der Waals surface area contributed by atoms with Crippen molar-refractivity contribution >= 4 is 5.97 Å². The largest absolute Gasteiger partial charge is 0.480 e. The SMILES string of the molecule is CN1CCN(C)C(CNC(C(=O)O)C2CC2)C1. The average Bonchev–Trinajstić information content (AvgIpc) is 3.07. The summed E-state index contributed by atoms with van der Waals surface area (Å²) >= 11 is 0. The maximum Gasteiger partial charge on any atom is 0.320 e. The van der Waals surface area contributed by atoms with Gasteiger partial charge in [-0.25, -0.2) is 0 Å². The van der Waals surface area contributed by atoms with Crippen molar-refractivity contribution in [3.05, 3.63) is 0 Å². The molecule has 1 saturated heterocycles. The van der Waals surface area contributed by atoms with Crippen molar-refractivity contribution in [2.45, 2.75) is 24.9 Å². The summed E-state index contributed by atoms with van der Waals surface area (Å²) in [7, 11) is 4.24. The Morgan fingerprint density at radius 1 is 1.41 bits per heavy atom. The molecule has 5 heteroatoms. The molecule has 2 N–H and O–H groups in total. The number of carboxylic acids is 1. The van der Waals surface area contributed by atoms with Gasteiger partial charge >= 0.3 is 5.97 Å². The smallest absolute Gasteiger partial charge is 0.320 e. The van der Waals surface area contributed by atoms with Gasteiger partial charge in [-0.15, -0.1) is 0 Å². The van der Waals surface area contributed by atoms with Gasteiger partial charge in [0.15, 0.2) is 0 Å². The van der Waals surface area contributed by atoms with E-state index < -0.39 is 5.97 Å². The van der Waals surface area contributed by atoms with Crippen molar-refractivity contribution in [2.75, 3.05) is 40.3 Å². The summed E-state index contributed by atoms with van der Waals surface area (Å²) in [6.07, 6.45) is 2.12. The van der Waals surface area contributed by atoms with E-state index >= 15 is 0 Å². The average molecular weight is 241 g/mol. The van der Waals surface area contributed by atoms with E-state index in [0.717, 1.165) is 39.0 Å². The monoisotopic (exact) mass is 241 g/mol. The number of carbonyl (C=O) groups is 1. The van der Waals surface area contributed by atoms with Crippen molar-refractivity contribution in [1.82, 2.24) is 15.1 Å². The number of likely N-dealkylation sites (N-methyl/N-ethyl adjacent to an activating group) is 2. The summed E-state index contributed by atoms with van der Waals surface area (Å²) in [6.45, 7) is 3.94. The summed E-state index contributed by atoms with van der Waals surface area (Å²) in [4.78, 5) is 15.7. The van der Waals surface area contributed by atoms with Gasteiger partial charge in [0.1, 0.15) is 6.04 Å². The van der Waals surface area contributed by atoms with E-state index in [0.29, 0.717) is 12.0 Å². The molecule has 2 fully saturated rings. The van der Waals surface area contributed by atoms with E-state index in [1.165, 1.54) is 0 Å². The van der Waals surface area contributed by atoms with Crippen molar-refractivity contribution in [3.63, 3.8) is 0 Å². The minimum absolute atomic E-state index is 0.337. The lowest BCUT2D eigenvalue weighted by Gasteiger charge is -2.38. The molecule has 0 radical (unpaired) electrons. The van der Waals surface area contributed by atoms with Gasteiger partial charge in [0.25, 0.3) is 0 Å². The summed E-state index contributed by atoms with van der Waals surface area (Å²) < 4.78 is 0. The molecule has 0 amide bonds. The topological polar surface area (TPSA) is 55.8 Å². The number of carboxylic acid groups (broad SMARTS) is 1. The zero-order chi connectivity index (χ0) is 12.4. The van der Waals surface area contributed by atoms with E-state index in [1.54, 1.807) is 0 Å². The van der Waals surface area contributed by atoms with Gasteiger partial charge in [0.2, 0.25) is 0 Å². The van der Waals surface area contributed by atoms with Gasteiger partial charge in [-0.05, 0) is 32.9 Å². The molecule has 1 heterocycles. The normalized spacial score (nSPS) is 29.2. The fraction of sp³-hybridized carbons (Fsp3) is 0.917. The zero-order valence-electron chi connectivity index (χ0n) is 10.7. The highest BCUT2D eigenvalue weighted by Crippen LogP contribution is 2.32. The van der Waals surface area contributed by atoms with Crippen LogP contribution >= 0.6 is 0 Å². The number of hydrogen-bond donors (Lipinski definition) is 2. The standard InChI is InChI=1S/C12H23N3O2/c1-14-5-6-15(2)10(8-14)7-13-11(12(16)17)9-3-4-9/h9-11,13H,3-8H2,1-2H3,(H,16,17). The zero-order valence-corrected chi connectivity index (χ0v) is 10.7. The van der Waals surface area contributed by atoms with Crippen molar-refractivity contribution in [2.24, 2.45) is 5.92 Å². The number of piperazine rings is 1. The highest BCUT2D eigenvalue weighted by molar-refractivity contribution is 5.74. The molecule has 98 valence electrons. The summed E-state index contributed by atoms with van der Waals surface area (Å²) in [6, 6.07) is 0.0879. The number of nitrogens with one attached hydrogen (secondary N) is 1. The molecular formula is C12H23N3O2. The van der Waals surface area contributed by atoms with Gasteiger partial charge in [0.05, 0.1) is 0 Å². The third-order valence-corrected chi connectivity index (χ3v) is 3.91. The molecule has 0 bridgehead atoms. The van der Waals surface area contributed by atoms with E-state index in [1.807, 2.05) is 0 Å². The minimum Gasteiger partial charge on any atom is -0.480 e. The lowest BCUT2D eigenvalue weighted by molar-refractivity contribution is -0.140. The number of rotatable bonds is 5. The minimum atomic E-state index is -0.695. The predicted molar refractivity (Wildman–Crippen MR) is 66.1 cm³/mol. The van der Waals surface area contributed by atoms with Crippen LogP contribution in [-0.2, 0) is 4.79 Å². The lowest BCUT2D eigenvalue weighted by Crippen LogP contribution is -2.55. The second-order valence-corrected chi connectivity index (χ2v) is 5.46. The van der Waals surface area contributed by atoms with E-state index in [9.17, 15) is 4.79 Å². The van der Waals surface area contributed by atoms with Crippen LogP contribution in [0, 0.1) is 5.92 Å². The Hall–Kier alpha value is -0.650. The highest BCUT2D eigenvalue weighted by Gasteiger charge is 2.36. The second kappa shape index (κ2) is 5.33. The number of hydrogen-bond acceptors (Lipinski definition) is 4. The molecule has 1 aliphatic carbocycles. The van der Waals surface area contributed by atoms with Gasteiger partial charge in [-0.2, -0.15) is 0 Å². The first-order valence-electron chi connectivity index (χ1n) is 6.43. The molecular weight excluding hydrogens is 218 g/mol. The Morgan fingerprint density at radius 2 is 2.12 bits per heavy atom. The number of aliphatic carboxylic acids is 1. The highest BCUT2D eigenvalue weighted by atomic mass is 16.4. The second-order valence-electron chi connectivity index (χ2n) is 5.46. The van der Waals surface area contributed by atoms with Crippen molar-refractivity contribution < 1.29 is 9.90 Å². The Bertz CT molecular complexity index is 281. The van der Waals surface area contributed by atoms with Crippen LogP contribution < -0.4 is 5.32 Å². The first-order chi connectivity index (χ1) is 8.08. The van der Waals surface area contributed by atoms with Crippen molar-refractivity contribution in [1.29, 1.82) is 0 Å². The maximum atomic E-state index is 11.1. The molecule has 0 aromatic carbocycles. The first kappa shape index (κ1) is 12.8. The first-order valence-corrected chi connectivity index (χ1v) is 6.43. The van der Waals surface area contributed by atoms with Crippen LogP contribution in [0.25, 0.3) is 0 Å². The van der Waals surface area contributed by atoms with Gasteiger partial charge in [0, 0.05) is 32.2 Å². The van der Waals surface area contributed by atoms with Crippen LogP contribution in [0.4, 0.5) is 0 Å². The summed E-state index contributed by atoms with van der Waals surface area (Å²) in [5.41, 5.74) is 0.